The molecule has 2 fully saturated rings. The van der Waals surface area contributed by atoms with Crippen LogP contribution in [0.1, 0.15) is 52.7 Å². The van der Waals surface area contributed by atoms with Gasteiger partial charge in [-0.1, -0.05) is 24.3 Å². The second kappa shape index (κ2) is 9.47. The first kappa shape index (κ1) is 23.8. The molecule has 2 aliphatic rings. The van der Waals surface area contributed by atoms with E-state index in [2.05, 4.69) is 4.90 Å². The topological polar surface area (TPSA) is 43.8 Å². The first-order valence-corrected chi connectivity index (χ1v) is 11.6. The summed E-state index contributed by atoms with van der Waals surface area (Å²) in [6.45, 7) is 6.24. The van der Waals surface area contributed by atoms with Crippen LogP contribution in [0.25, 0.3) is 11.1 Å². The average molecular weight is 461 g/mol. The predicted molar refractivity (Wildman–Crippen MR) is 122 cm³/mol. The Hall–Kier alpha value is -2.38. The van der Waals surface area contributed by atoms with E-state index in [1.807, 2.05) is 18.7 Å². The average Bonchev–Trinajstić information content (AvgIpc) is 3.27. The number of aliphatic hydroxyl groups excluding tert-OH is 1. The number of rotatable bonds is 4. The molecular formula is C26H31F3N2O2. The number of hydrogen-bond acceptors (Lipinski definition) is 3. The van der Waals surface area contributed by atoms with Crippen molar-refractivity contribution in [3.63, 3.8) is 0 Å². The minimum absolute atomic E-state index is 0.0147. The third kappa shape index (κ3) is 4.94. The summed E-state index contributed by atoms with van der Waals surface area (Å²) in [5, 5.41) is 9.61. The van der Waals surface area contributed by atoms with Gasteiger partial charge in [0, 0.05) is 30.7 Å². The second-order valence-corrected chi connectivity index (χ2v) is 9.30. The number of benzene rings is 2. The van der Waals surface area contributed by atoms with Crippen molar-refractivity contribution in [2.45, 2.75) is 57.8 Å². The minimum atomic E-state index is -4.39. The Morgan fingerprint density at radius 3 is 2.27 bits per heavy atom. The zero-order valence-corrected chi connectivity index (χ0v) is 19.2. The zero-order valence-electron chi connectivity index (χ0n) is 19.2. The molecule has 0 unspecified atom stereocenters. The number of nitrogens with zero attached hydrogens (tertiary/aromatic N) is 2. The largest absolute Gasteiger partial charge is 0.416 e. The van der Waals surface area contributed by atoms with Gasteiger partial charge in [0.2, 0.25) is 0 Å². The summed E-state index contributed by atoms with van der Waals surface area (Å²) >= 11 is 0. The fraction of sp³-hybridized carbons (Fsp3) is 0.500. The normalized spacial score (nSPS) is 20.4. The molecule has 2 aliphatic heterocycles. The van der Waals surface area contributed by atoms with Gasteiger partial charge in [-0.15, -0.1) is 0 Å². The van der Waals surface area contributed by atoms with Gasteiger partial charge in [-0.2, -0.15) is 13.2 Å². The highest BCUT2D eigenvalue weighted by Crippen LogP contribution is 2.34. The monoisotopic (exact) mass is 460 g/mol. The van der Waals surface area contributed by atoms with Crippen LogP contribution in [0.15, 0.2) is 36.4 Å². The zero-order chi connectivity index (χ0) is 23.8. The van der Waals surface area contributed by atoms with Crippen LogP contribution in [-0.2, 0) is 6.18 Å². The van der Waals surface area contributed by atoms with Gasteiger partial charge >= 0.3 is 6.18 Å². The molecular weight excluding hydrogens is 429 g/mol. The van der Waals surface area contributed by atoms with Crippen molar-refractivity contribution in [3.05, 3.63) is 58.7 Å². The van der Waals surface area contributed by atoms with Crippen LogP contribution in [0.5, 0.6) is 0 Å². The Labute approximate surface area is 193 Å². The van der Waals surface area contributed by atoms with Crippen LogP contribution in [0.2, 0.25) is 0 Å². The van der Waals surface area contributed by atoms with E-state index < -0.39 is 11.7 Å². The van der Waals surface area contributed by atoms with Gasteiger partial charge in [0.1, 0.15) is 0 Å². The first-order valence-electron chi connectivity index (χ1n) is 11.6. The Balaban J connectivity index is 1.49. The molecule has 1 atom stereocenters. The number of carbonyl (C=O) groups is 1. The Morgan fingerprint density at radius 2 is 1.67 bits per heavy atom. The maximum Gasteiger partial charge on any atom is 0.416 e. The van der Waals surface area contributed by atoms with Gasteiger partial charge in [0.25, 0.3) is 5.91 Å². The maximum atomic E-state index is 13.3. The summed E-state index contributed by atoms with van der Waals surface area (Å²) in [4.78, 5) is 17.6. The number of aryl methyl sites for hydroxylation is 2. The number of alkyl halides is 3. The van der Waals surface area contributed by atoms with E-state index in [9.17, 15) is 23.1 Å². The number of aliphatic hydroxyl groups is 1. The van der Waals surface area contributed by atoms with E-state index in [4.69, 9.17) is 0 Å². The first-order chi connectivity index (χ1) is 15.7. The molecule has 0 aromatic heterocycles. The fourth-order valence-electron chi connectivity index (χ4n) is 5.44. The van der Waals surface area contributed by atoms with Crippen LogP contribution < -0.4 is 0 Å². The quantitative estimate of drug-likeness (QED) is 0.695. The van der Waals surface area contributed by atoms with Crippen LogP contribution in [-0.4, -0.2) is 59.1 Å². The third-order valence-corrected chi connectivity index (χ3v) is 7.12. The lowest BCUT2D eigenvalue weighted by Gasteiger charge is -2.39. The summed E-state index contributed by atoms with van der Waals surface area (Å²) in [5.74, 6) is -0.0147. The molecule has 0 saturated carbocycles. The Morgan fingerprint density at radius 1 is 1.00 bits per heavy atom. The van der Waals surface area contributed by atoms with Crippen LogP contribution >= 0.6 is 0 Å². The highest BCUT2D eigenvalue weighted by Gasteiger charge is 2.34. The van der Waals surface area contributed by atoms with Gasteiger partial charge in [0.05, 0.1) is 12.2 Å². The lowest BCUT2D eigenvalue weighted by Crippen LogP contribution is -2.49. The highest BCUT2D eigenvalue weighted by atomic mass is 19.4. The van der Waals surface area contributed by atoms with Crippen molar-refractivity contribution < 1.29 is 23.1 Å². The molecule has 2 aromatic carbocycles. The molecule has 2 heterocycles. The number of hydrogen-bond donors (Lipinski definition) is 1. The van der Waals surface area contributed by atoms with Crippen molar-refractivity contribution in [3.8, 4) is 11.1 Å². The summed E-state index contributed by atoms with van der Waals surface area (Å²) in [6, 6.07) is 9.54. The maximum absolute atomic E-state index is 13.3. The number of piperidine rings is 1. The van der Waals surface area contributed by atoms with E-state index in [-0.39, 0.29) is 18.6 Å². The number of likely N-dealkylation sites (tertiary alicyclic amines) is 2. The molecule has 0 bridgehead atoms. The van der Waals surface area contributed by atoms with Crippen LogP contribution in [0.4, 0.5) is 13.2 Å². The highest BCUT2D eigenvalue weighted by molar-refractivity contribution is 5.98. The van der Waals surface area contributed by atoms with Gasteiger partial charge < -0.3 is 10.0 Å². The summed E-state index contributed by atoms with van der Waals surface area (Å²) < 4.78 is 39.4. The molecule has 0 aliphatic carbocycles. The summed E-state index contributed by atoms with van der Waals surface area (Å²) in [7, 11) is 0. The van der Waals surface area contributed by atoms with Crippen molar-refractivity contribution in [1.29, 1.82) is 0 Å². The van der Waals surface area contributed by atoms with Crippen molar-refractivity contribution in [2.75, 3.05) is 26.2 Å². The standard InChI is InChI=1S/C26H31F3N2O2/c1-17-13-20(19-5-3-6-21(15-19)26(27,28)29)14-18(2)24(17)25(33)30-11-8-22(9-12-30)31-10-4-7-23(31)16-32/h3,5-6,13-15,22-23,32H,4,7-12,16H2,1-2H3/t23-/m0/s1. The molecule has 4 nitrogen and oxygen atoms in total. The predicted octanol–water partition coefficient (Wildman–Crippen LogP) is 5.05. The van der Waals surface area contributed by atoms with Crippen LogP contribution in [0, 0.1) is 13.8 Å². The van der Waals surface area contributed by atoms with Crippen molar-refractivity contribution in [1.82, 2.24) is 9.80 Å². The Bertz CT molecular complexity index is 990. The van der Waals surface area contributed by atoms with Gasteiger partial charge in [0.15, 0.2) is 0 Å². The SMILES string of the molecule is Cc1cc(-c2cccc(C(F)(F)F)c2)cc(C)c1C(=O)N1CCC(N2CCC[C@H]2CO)CC1. The van der Waals surface area contributed by atoms with Gasteiger partial charge in [-0.3, -0.25) is 9.69 Å². The molecule has 2 saturated heterocycles. The molecule has 4 rings (SSSR count). The molecule has 178 valence electrons. The molecule has 0 radical (unpaired) electrons. The summed E-state index contributed by atoms with van der Waals surface area (Å²) in [5.41, 5.74) is 2.66. The lowest BCUT2D eigenvalue weighted by molar-refractivity contribution is -0.137. The summed E-state index contributed by atoms with van der Waals surface area (Å²) in [6.07, 6.45) is -0.465. The molecule has 0 spiro atoms. The minimum Gasteiger partial charge on any atom is -0.395 e. The van der Waals surface area contributed by atoms with Crippen LogP contribution in [0.3, 0.4) is 0 Å². The molecule has 33 heavy (non-hydrogen) atoms. The number of amides is 1. The lowest BCUT2D eigenvalue weighted by atomic mass is 9.93. The number of halogens is 3. The van der Waals surface area contributed by atoms with Crippen molar-refractivity contribution >= 4 is 5.91 Å². The van der Waals surface area contributed by atoms with E-state index in [1.54, 1.807) is 18.2 Å². The van der Waals surface area contributed by atoms with Gasteiger partial charge in [-0.05, 0) is 80.5 Å². The third-order valence-electron chi connectivity index (χ3n) is 7.12. The molecule has 7 heteroatoms. The smallest absolute Gasteiger partial charge is 0.395 e. The van der Waals surface area contributed by atoms with E-state index in [0.717, 1.165) is 55.5 Å². The second-order valence-electron chi connectivity index (χ2n) is 9.30. The van der Waals surface area contributed by atoms with Gasteiger partial charge in [-0.25, -0.2) is 0 Å². The number of carbonyl (C=O) groups excluding carboxylic acids is 1. The molecule has 1 amide bonds. The molecule has 2 aromatic rings. The van der Waals surface area contributed by atoms with Crippen molar-refractivity contribution in [2.24, 2.45) is 0 Å². The Kier molecular flexibility index (Phi) is 6.82. The van der Waals surface area contributed by atoms with E-state index in [1.165, 1.54) is 6.07 Å². The van der Waals surface area contributed by atoms with E-state index in [0.29, 0.717) is 35.8 Å². The molecule has 1 N–H and O–H groups in total. The van der Waals surface area contributed by atoms with E-state index >= 15 is 0 Å². The fourth-order valence-corrected chi connectivity index (χ4v) is 5.44.